The Labute approximate surface area is 614 Å². The summed E-state index contributed by atoms with van der Waals surface area (Å²) in [6, 6.07) is 0. The van der Waals surface area contributed by atoms with Gasteiger partial charge in [0.15, 0.2) is 6.10 Å². The highest BCUT2D eigenvalue weighted by Gasteiger charge is 2.29. The van der Waals surface area contributed by atoms with Crippen LogP contribution in [0.25, 0.3) is 0 Å². The monoisotopic (exact) mass is 1460 g/mol. The number of carbonyl (C=O) groups is 3. The van der Waals surface area contributed by atoms with Crippen molar-refractivity contribution in [1.29, 1.82) is 0 Å². The fourth-order valence-corrected chi connectivity index (χ4v) is 12.0. The van der Waals surface area contributed by atoms with Crippen molar-refractivity contribution in [2.45, 2.75) is 334 Å². The quantitative estimate of drug-likeness (QED) is 0.0146. The smallest absolute Gasteiger partial charge is 0.463 e. The number of hydrogen-bond acceptors (Lipinski definition) is 14. The molecule has 101 heavy (non-hydrogen) atoms. The van der Waals surface area contributed by atoms with E-state index in [-0.39, 0.29) is 19.3 Å². The van der Waals surface area contributed by atoms with E-state index in [0.717, 1.165) is 161 Å². The van der Waals surface area contributed by atoms with Crippen LogP contribution in [0.15, 0.2) is 134 Å². The number of phosphoric ester groups is 2. The predicted molar refractivity (Wildman–Crippen MR) is 417 cm³/mol. The topological polar surface area (TPSA) is 231 Å². The number of esters is 3. The van der Waals surface area contributed by atoms with Crippen LogP contribution in [0, 0.1) is 0 Å². The molecule has 16 nitrogen and oxygen atoms in total. The van der Waals surface area contributed by atoms with Gasteiger partial charge in [-0.2, -0.15) is 0 Å². The van der Waals surface area contributed by atoms with Crippen LogP contribution < -0.4 is 0 Å². The van der Waals surface area contributed by atoms with Crippen LogP contribution in [0.4, 0.5) is 0 Å². The molecule has 0 aromatic rings. The van der Waals surface area contributed by atoms with Gasteiger partial charge in [0.05, 0.1) is 26.4 Å². The van der Waals surface area contributed by atoms with E-state index in [1.807, 2.05) is 0 Å². The van der Waals surface area contributed by atoms with Gasteiger partial charge in [-0.3, -0.25) is 32.5 Å². The first-order chi connectivity index (χ1) is 49.2. The molecule has 0 rings (SSSR count). The van der Waals surface area contributed by atoms with Crippen LogP contribution in [-0.2, 0) is 55.8 Å². The van der Waals surface area contributed by atoms with E-state index in [2.05, 4.69) is 154 Å². The third kappa shape index (κ3) is 76.6. The van der Waals surface area contributed by atoms with Gasteiger partial charge in [0.2, 0.25) is 0 Å². The Balaban J connectivity index is 4.48. The van der Waals surface area contributed by atoms with E-state index in [1.165, 1.54) is 96.3 Å². The van der Waals surface area contributed by atoms with Crippen LogP contribution in [0.2, 0.25) is 0 Å². The SMILES string of the molecule is CC/C=C\C/C=C\C/C=C\C/C=C\C/C=C\C/C=C\CCCCCCCCCCC(=O)OCC(O)COP(=O)(O)OCC(O)COP(=O)(O)OCC(COC(=O)CCCCCCCCCCCCC/C=C\C/C=C\C/C=C\C/C=C\C/C=C\CC)OC(=O)CCCCCCCCCCCCC. The molecule has 0 bridgehead atoms. The molecule has 4 N–H and O–H groups in total. The fourth-order valence-electron chi connectivity index (χ4n) is 10.4. The van der Waals surface area contributed by atoms with E-state index in [0.29, 0.717) is 19.3 Å². The minimum Gasteiger partial charge on any atom is -0.463 e. The molecule has 0 amide bonds. The van der Waals surface area contributed by atoms with Gasteiger partial charge in [0.25, 0.3) is 0 Å². The van der Waals surface area contributed by atoms with Crippen molar-refractivity contribution in [2.75, 3.05) is 39.6 Å². The summed E-state index contributed by atoms with van der Waals surface area (Å²) in [5, 5.41) is 20.6. The zero-order valence-corrected chi connectivity index (χ0v) is 65.1. The van der Waals surface area contributed by atoms with Crippen LogP contribution >= 0.6 is 15.6 Å². The average molecular weight is 1460 g/mol. The number of aliphatic hydroxyl groups excluding tert-OH is 2. The maximum atomic E-state index is 12.9. The lowest BCUT2D eigenvalue weighted by molar-refractivity contribution is -0.161. The van der Waals surface area contributed by atoms with Crippen molar-refractivity contribution in [3.63, 3.8) is 0 Å². The van der Waals surface area contributed by atoms with Gasteiger partial charge in [0.1, 0.15) is 25.4 Å². The Kier molecular flexibility index (Phi) is 72.2. The standard InChI is InChI=1S/C83H142O16P2/c1-4-7-10-13-16-19-22-24-26-28-30-32-34-36-38-40-42-44-46-48-50-52-55-57-60-63-66-69-81(86)93-72-78(84)73-95-100(89,90)96-74-79(85)75-97-101(91,92)98-77-80(99-83(88)71-68-65-62-59-54-21-18-15-12-9-6-3)76-94-82(87)70-67-64-61-58-56-53-51-49-47-45-43-41-39-37-35-33-31-29-27-25-23-20-17-14-11-8-5-2/h7-8,10-11,16-17,19-20,24-27,30-33,36-39,42,44,78-80,84-85H,4-6,9,12-15,18,21-23,28-29,34-35,40-41,43,45-77H2,1-3H3,(H,89,90)(H,91,92)/b10-7-,11-8-,19-16-,20-17-,26-24-,27-25-,32-30-,33-31-,38-36-,39-37-,44-42-. The molecule has 0 saturated carbocycles. The van der Waals surface area contributed by atoms with Crippen molar-refractivity contribution in [1.82, 2.24) is 0 Å². The minimum atomic E-state index is -4.93. The lowest BCUT2D eigenvalue weighted by Gasteiger charge is -2.21. The molecule has 5 atom stereocenters. The first-order valence-electron chi connectivity index (χ1n) is 39.5. The molecule has 580 valence electrons. The van der Waals surface area contributed by atoms with Crippen molar-refractivity contribution in [2.24, 2.45) is 0 Å². The third-order valence-electron chi connectivity index (χ3n) is 16.4. The van der Waals surface area contributed by atoms with Gasteiger partial charge < -0.3 is 34.2 Å². The van der Waals surface area contributed by atoms with Crippen molar-refractivity contribution >= 4 is 33.6 Å². The number of allylic oxidation sites excluding steroid dienone is 22. The molecule has 0 saturated heterocycles. The zero-order valence-electron chi connectivity index (χ0n) is 63.3. The number of ether oxygens (including phenoxy) is 3. The minimum absolute atomic E-state index is 0.105. The Hall–Kier alpha value is -4.31. The van der Waals surface area contributed by atoms with Crippen LogP contribution in [0.5, 0.6) is 0 Å². The second-order valence-corrected chi connectivity index (χ2v) is 29.0. The van der Waals surface area contributed by atoms with E-state index in [1.54, 1.807) is 0 Å². The Bertz CT molecular complexity index is 2370. The average Bonchev–Trinajstić information content (AvgIpc) is 0.947. The van der Waals surface area contributed by atoms with Gasteiger partial charge in [-0.25, -0.2) is 9.13 Å². The lowest BCUT2D eigenvalue weighted by atomic mass is 10.0. The molecular weight excluding hydrogens is 1310 g/mol. The molecule has 0 aromatic heterocycles. The molecule has 18 heteroatoms. The van der Waals surface area contributed by atoms with E-state index >= 15 is 0 Å². The summed E-state index contributed by atoms with van der Waals surface area (Å²) >= 11 is 0. The summed E-state index contributed by atoms with van der Waals surface area (Å²) in [7, 11) is -9.79. The summed E-state index contributed by atoms with van der Waals surface area (Å²) in [4.78, 5) is 58.6. The highest BCUT2D eigenvalue weighted by atomic mass is 31.2. The van der Waals surface area contributed by atoms with Gasteiger partial charge >= 0.3 is 33.6 Å². The highest BCUT2D eigenvalue weighted by molar-refractivity contribution is 7.47. The van der Waals surface area contributed by atoms with Crippen molar-refractivity contribution in [3.05, 3.63) is 134 Å². The van der Waals surface area contributed by atoms with Gasteiger partial charge in [-0.1, -0.05) is 315 Å². The summed E-state index contributed by atoms with van der Waals surface area (Å²) in [6.45, 7) is 2.44. The van der Waals surface area contributed by atoms with Gasteiger partial charge in [-0.05, 0) is 116 Å². The highest BCUT2D eigenvalue weighted by Crippen LogP contribution is 2.45. The molecule has 0 aliphatic heterocycles. The van der Waals surface area contributed by atoms with E-state index in [4.69, 9.17) is 32.3 Å². The molecule has 5 unspecified atom stereocenters. The summed E-state index contributed by atoms with van der Waals surface area (Å²) in [5.74, 6) is -1.58. The molecule has 0 aliphatic carbocycles. The van der Waals surface area contributed by atoms with Crippen LogP contribution in [-0.4, -0.2) is 95.9 Å². The molecule has 0 heterocycles. The number of carbonyl (C=O) groups excluding carboxylic acids is 3. The maximum absolute atomic E-state index is 12.9. The number of aliphatic hydroxyl groups is 2. The molecule has 0 aromatic carbocycles. The molecular formula is C83H142O16P2. The first kappa shape index (κ1) is 96.7. The van der Waals surface area contributed by atoms with Crippen molar-refractivity contribution < 1.29 is 75.8 Å². The number of phosphoric acid groups is 2. The lowest BCUT2D eigenvalue weighted by Crippen LogP contribution is -2.30. The number of rotatable bonds is 74. The Morgan fingerprint density at radius 2 is 0.525 bits per heavy atom. The largest absolute Gasteiger partial charge is 0.472 e. The number of unbranched alkanes of at least 4 members (excludes halogenated alkanes) is 29. The van der Waals surface area contributed by atoms with Crippen LogP contribution in [0.1, 0.15) is 316 Å². The number of hydrogen-bond donors (Lipinski definition) is 4. The maximum Gasteiger partial charge on any atom is 0.472 e. The van der Waals surface area contributed by atoms with E-state index in [9.17, 15) is 43.5 Å². The van der Waals surface area contributed by atoms with Gasteiger partial charge in [0, 0.05) is 19.3 Å². The molecule has 0 spiro atoms. The molecule has 0 radical (unpaired) electrons. The van der Waals surface area contributed by atoms with Crippen LogP contribution in [0.3, 0.4) is 0 Å². The van der Waals surface area contributed by atoms with E-state index < -0.39 is 91.5 Å². The van der Waals surface area contributed by atoms with Gasteiger partial charge in [-0.15, -0.1) is 0 Å². The summed E-state index contributed by atoms with van der Waals surface area (Å²) in [5.41, 5.74) is 0. The zero-order chi connectivity index (χ0) is 73.7. The first-order valence-corrected chi connectivity index (χ1v) is 42.5. The molecule has 0 fully saturated rings. The van der Waals surface area contributed by atoms with Crippen molar-refractivity contribution in [3.8, 4) is 0 Å². The summed E-state index contributed by atoms with van der Waals surface area (Å²) in [6.07, 6.45) is 90.8. The third-order valence-corrected chi connectivity index (χ3v) is 18.3. The fraction of sp³-hybridized carbons (Fsp3) is 0.699. The second-order valence-electron chi connectivity index (χ2n) is 26.1. The summed E-state index contributed by atoms with van der Waals surface area (Å²) < 4.78 is 61.1. The second kappa shape index (κ2) is 75.4. The Morgan fingerprint density at radius 1 is 0.287 bits per heavy atom. The predicted octanol–water partition coefficient (Wildman–Crippen LogP) is 23.1. The normalized spacial score (nSPS) is 14.7. The Morgan fingerprint density at radius 3 is 0.832 bits per heavy atom. The molecule has 0 aliphatic rings.